The van der Waals surface area contributed by atoms with E-state index in [0.29, 0.717) is 10.6 Å². The Hall–Kier alpha value is -1.33. The van der Waals surface area contributed by atoms with Gasteiger partial charge in [-0.25, -0.2) is 4.39 Å². The molecule has 1 heterocycles. The third-order valence-corrected chi connectivity index (χ3v) is 6.19. The average molecular weight is 307 g/mol. The second-order valence-electron chi connectivity index (χ2n) is 4.74. The lowest BCUT2D eigenvalue weighted by Gasteiger charge is -2.11. The smallest absolute Gasteiger partial charge is 0.125 e. The molecule has 0 radical (unpaired) electrons. The van der Waals surface area contributed by atoms with E-state index in [1.807, 2.05) is 12.1 Å². The van der Waals surface area contributed by atoms with Crippen LogP contribution in [-0.2, 0) is 10.8 Å². The van der Waals surface area contributed by atoms with E-state index in [0.717, 1.165) is 5.75 Å². The van der Waals surface area contributed by atoms with Gasteiger partial charge in [-0.05, 0) is 29.8 Å². The van der Waals surface area contributed by atoms with Crippen LogP contribution in [0.3, 0.4) is 0 Å². The molecule has 0 saturated heterocycles. The first-order chi connectivity index (χ1) is 9.65. The fourth-order valence-electron chi connectivity index (χ4n) is 2.37. The van der Waals surface area contributed by atoms with Crippen molar-refractivity contribution in [2.24, 2.45) is 0 Å². The largest absolute Gasteiger partial charge is 0.398 e. The quantitative estimate of drug-likeness (QED) is 0.884. The topological polar surface area (TPSA) is 43.1 Å². The Labute approximate surface area is 124 Å². The van der Waals surface area contributed by atoms with Gasteiger partial charge < -0.3 is 5.73 Å². The summed E-state index contributed by atoms with van der Waals surface area (Å²) in [6.07, 6.45) is 0. The number of rotatable bonds is 3. The van der Waals surface area contributed by atoms with Gasteiger partial charge in [0.1, 0.15) is 5.82 Å². The summed E-state index contributed by atoms with van der Waals surface area (Å²) in [5.41, 5.74) is 7.27. The van der Waals surface area contributed by atoms with E-state index in [9.17, 15) is 8.60 Å². The molecule has 1 aliphatic heterocycles. The highest BCUT2D eigenvalue weighted by atomic mass is 32.2. The van der Waals surface area contributed by atoms with Gasteiger partial charge in [0, 0.05) is 22.3 Å². The monoisotopic (exact) mass is 307 g/mol. The van der Waals surface area contributed by atoms with Gasteiger partial charge in [-0.3, -0.25) is 4.21 Å². The first-order valence-electron chi connectivity index (χ1n) is 6.30. The van der Waals surface area contributed by atoms with Crippen molar-refractivity contribution in [3.05, 3.63) is 53.8 Å². The Bertz CT molecular complexity index is 675. The van der Waals surface area contributed by atoms with Crippen LogP contribution >= 0.6 is 11.8 Å². The van der Waals surface area contributed by atoms with E-state index in [2.05, 4.69) is 12.1 Å². The van der Waals surface area contributed by atoms with Crippen molar-refractivity contribution < 1.29 is 8.60 Å². The maximum Gasteiger partial charge on any atom is 0.125 e. The standard InChI is InChI=1S/C15H14FNOS2/c16-11-5-6-15(13(17)7-11)20(18)9-10-8-19-14-4-2-1-3-12(10)14/h1-7,10H,8-9,17H2. The SMILES string of the molecule is Nc1cc(F)ccc1S(=O)CC1CSc2ccccc21. The molecule has 0 bridgehead atoms. The molecule has 20 heavy (non-hydrogen) atoms. The maximum atomic E-state index is 13.0. The van der Waals surface area contributed by atoms with E-state index < -0.39 is 16.6 Å². The van der Waals surface area contributed by atoms with Gasteiger partial charge in [0.25, 0.3) is 0 Å². The minimum atomic E-state index is -1.21. The summed E-state index contributed by atoms with van der Waals surface area (Å²) in [7, 11) is -1.21. The van der Waals surface area contributed by atoms with Crippen molar-refractivity contribution in [2.75, 3.05) is 17.2 Å². The first-order valence-corrected chi connectivity index (χ1v) is 8.61. The van der Waals surface area contributed by atoms with Crippen LogP contribution in [0.25, 0.3) is 0 Å². The summed E-state index contributed by atoms with van der Waals surface area (Å²) in [5, 5.41) is 0. The molecule has 2 aromatic rings. The number of nitrogen functional groups attached to an aromatic ring is 1. The molecule has 2 nitrogen and oxygen atoms in total. The van der Waals surface area contributed by atoms with Crippen LogP contribution in [0.2, 0.25) is 0 Å². The lowest BCUT2D eigenvalue weighted by Crippen LogP contribution is -2.11. The molecule has 3 rings (SSSR count). The zero-order valence-electron chi connectivity index (χ0n) is 10.7. The van der Waals surface area contributed by atoms with E-state index in [-0.39, 0.29) is 11.6 Å². The molecule has 5 heteroatoms. The van der Waals surface area contributed by atoms with Crippen molar-refractivity contribution in [1.29, 1.82) is 0 Å². The van der Waals surface area contributed by atoms with Crippen molar-refractivity contribution in [2.45, 2.75) is 15.7 Å². The Kier molecular flexibility index (Phi) is 3.81. The van der Waals surface area contributed by atoms with Crippen molar-refractivity contribution >= 4 is 28.2 Å². The minimum Gasteiger partial charge on any atom is -0.398 e. The van der Waals surface area contributed by atoms with Gasteiger partial charge in [0.2, 0.25) is 0 Å². The number of halogens is 1. The third-order valence-electron chi connectivity index (χ3n) is 3.37. The van der Waals surface area contributed by atoms with Gasteiger partial charge in [-0.15, -0.1) is 11.8 Å². The van der Waals surface area contributed by atoms with Gasteiger partial charge >= 0.3 is 0 Å². The molecule has 0 amide bonds. The van der Waals surface area contributed by atoms with Crippen LogP contribution in [0.4, 0.5) is 10.1 Å². The molecule has 0 spiro atoms. The average Bonchev–Trinajstić information content (AvgIpc) is 2.82. The Morgan fingerprint density at radius 3 is 2.90 bits per heavy atom. The summed E-state index contributed by atoms with van der Waals surface area (Å²) in [5.74, 6) is 1.33. The molecule has 0 saturated carbocycles. The summed E-state index contributed by atoms with van der Waals surface area (Å²) < 4.78 is 25.5. The number of thioether (sulfide) groups is 1. The molecule has 0 fully saturated rings. The van der Waals surface area contributed by atoms with Crippen molar-refractivity contribution in [1.82, 2.24) is 0 Å². The van der Waals surface area contributed by atoms with Crippen LogP contribution in [0.5, 0.6) is 0 Å². The predicted molar refractivity (Wildman–Crippen MR) is 82.0 cm³/mol. The summed E-state index contributed by atoms with van der Waals surface area (Å²) >= 11 is 1.79. The van der Waals surface area contributed by atoms with E-state index in [1.54, 1.807) is 11.8 Å². The van der Waals surface area contributed by atoms with E-state index >= 15 is 0 Å². The zero-order valence-corrected chi connectivity index (χ0v) is 12.3. The zero-order chi connectivity index (χ0) is 14.1. The molecule has 2 N–H and O–H groups in total. The molecule has 1 aliphatic rings. The van der Waals surface area contributed by atoms with Gasteiger partial charge in [-0.1, -0.05) is 18.2 Å². The lowest BCUT2D eigenvalue weighted by molar-refractivity contribution is 0.627. The van der Waals surface area contributed by atoms with Gasteiger partial charge in [0.05, 0.1) is 21.4 Å². The highest BCUT2D eigenvalue weighted by molar-refractivity contribution is 7.99. The fourth-order valence-corrected chi connectivity index (χ4v) is 5.15. The molecular formula is C15H14FNOS2. The number of fused-ring (bicyclic) bond motifs is 1. The molecule has 0 aromatic heterocycles. The van der Waals surface area contributed by atoms with E-state index in [4.69, 9.17) is 5.73 Å². The highest BCUT2D eigenvalue weighted by Crippen LogP contribution is 2.40. The first kappa shape index (κ1) is 13.6. The van der Waals surface area contributed by atoms with Crippen molar-refractivity contribution in [3.63, 3.8) is 0 Å². The lowest BCUT2D eigenvalue weighted by atomic mass is 10.0. The number of anilines is 1. The third kappa shape index (κ3) is 2.60. The number of benzene rings is 2. The summed E-state index contributed by atoms with van der Waals surface area (Å²) in [4.78, 5) is 1.79. The van der Waals surface area contributed by atoms with Crippen LogP contribution in [0.15, 0.2) is 52.3 Å². The Balaban J connectivity index is 1.81. The number of hydrogen-bond acceptors (Lipinski definition) is 3. The normalized spacial score (nSPS) is 18.8. The molecule has 0 aliphatic carbocycles. The molecule has 104 valence electrons. The van der Waals surface area contributed by atoms with E-state index in [1.165, 1.54) is 28.7 Å². The van der Waals surface area contributed by atoms with Crippen LogP contribution in [-0.4, -0.2) is 15.7 Å². The number of nitrogens with two attached hydrogens (primary N) is 1. The van der Waals surface area contributed by atoms with Crippen LogP contribution < -0.4 is 5.73 Å². The fraction of sp³-hybridized carbons (Fsp3) is 0.200. The number of hydrogen-bond donors (Lipinski definition) is 1. The minimum absolute atomic E-state index is 0.265. The second kappa shape index (κ2) is 5.58. The van der Waals surface area contributed by atoms with Crippen molar-refractivity contribution in [3.8, 4) is 0 Å². The summed E-state index contributed by atoms with van der Waals surface area (Å²) in [6.45, 7) is 0. The molecular weight excluding hydrogens is 293 g/mol. The molecule has 2 atom stereocenters. The summed E-state index contributed by atoms with van der Waals surface area (Å²) in [6, 6.07) is 12.3. The molecule has 2 aromatic carbocycles. The predicted octanol–water partition coefficient (Wildman–Crippen LogP) is 3.41. The Morgan fingerprint density at radius 2 is 2.10 bits per heavy atom. The van der Waals surface area contributed by atoms with Crippen LogP contribution in [0.1, 0.15) is 11.5 Å². The highest BCUT2D eigenvalue weighted by Gasteiger charge is 2.25. The molecule has 2 unspecified atom stereocenters. The van der Waals surface area contributed by atoms with Gasteiger partial charge in [0.15, 0.2) is 0 Å². The van der Waals surface area contributed by atoms with Gasteiger partial charge in [-0.2, -0.15) is 0 Å². The van der Waals surface area contributed by atoms with Crippen LogP contribution in [0, 0.1) is 5.82 Å². The Morgan fingerprint density at radius 1 is 1.30 bits per heavy atom. The second-order valence-corrected chi connectivity index (χ2v) is 7.27. The maximum absolute atomic E-state index is 13.0.